The summed E-state index contributed by atoms with van der Waals surface area (Å²) in [5.74, 6) is 0.979. The van der Waals surface area contributed by atoms with Gasteiger partial charge in [-0.3, -0.25) is 15.2 Å². The van der Waals surface area contributed by atoms with Crippen molar-refractivity contribution < 1.29 is 9.53 Å². The summed E-state index contributed by atoms with van der Waals surface area (Å²) in [5.41, 5.74) is 6.89. The number of hydrogen-bond acceptors (Lipinski definition) is 5. The molecule has 0 saturated heterocycles. The van der Waals surface area contributed by atoms with E-state index >= 15 is 0 Å². The van der Waals surface area contributed by atoms with Gasteiger partial charge in [-0.05, 0) is 31.2 Å². The van der Waals surface area contributed by atoms with Crippen LogP contribution in [0.25, 0.3) is 0 Å². The van der Waals surface area contributed by atoms with E-state index in [1.54, 1.807) is 19.1 Å². The first kappa shape index (κ1) is 20.8. The lowest BCUT2D eigenvalue weighted by Gasteiger charge is -2.10. The Morgan fingerprint density at radius 2 is 1.72 bits per heavy atom. The Kier molecular flexibility index (Phi) is 7.19. The number of benzene rings is 2. The summed E-state index contributed by atoms with van der Waals surface area (Å²) in [7, 11) is 0. The molecule has 2 N–H and O–H groups in total. The van der Waals surface area contributed by atoms with Crippen molar-refractivity contribution in [1.29, 1.82) is 0 Å². The van der Waals surface area contributed by atoms with Gasteiger partial charge < -0.3 is 4.74 Å². The monoisotopic (exact) mass is 428 g/mol. The number of nitrogens with zero attached hydrogens (tertiary/aromatic N) is 2. The maximum Gasteiger partial charge on any atom is 0.279 e. The quantitative estimate of drug-likeness (QED) is 0.405. The predicted octanol–water partition coefficient (Wildman–Crippen LogP) is 5.09. The van der Waals surface area contributed by atoms with Crippen LogP contribution >= 0.6 is 23.2 Å². The zero-order valence-corrected chi connectivity index (χ0v) is 17.0. The van der Waals surface area contributed by atoms with E-state index in [2.05, 4.69) is 20.8 Å². The number of aliphatic imine (C=N–C) groups is 1. The SMILES string of the molecule is CC(=Nc1cccc(Oc2ccccc2)c1)C(=O)NNCc1c(Cl)cncc1Cl. The van der Waals surface area contributed by atoms with Crippen LogP contribution in [0.4, 0.5) is 5.69 Å². The highest BCUT2D eigenvalue weighted by Crippen LogP contribution is 2.25. The highest BCUT2D eigenvalue weighted by Gasteiger charge is 2.09. The van der Waals surface area contributed by atoms with Crippen LogP contribution in [0.5, 0.6) is 11.5 Å². The number of halogens is 2. The van der Waals surface area contributed by atoms with Crippen molar-refractivity contribution in [2.75, 3.05) is 0 Å². The van der Waals surface area contributed by atoms with Crippen LogP contribution in [0.1, 0.15) is 12.5 Å². The summed E-state index contributed by atoms with van der Waals surface area (Å²) in [4.78, 5) is 20.5. The molecule has 0 atom stereocenters. The molecule has 0 spiro atoms. The van der Waals surface area contributed by atoms with Crippen molar-refractivity contribution in [2.45, 2.75) is 13.5 Å². The average Bonchev–Trinajstić information content (AvgIpc) is 2.71. The minimum Gasteiger partial charge on any atom is -0.457 e. The van der Waals surface area contributed by atoms with E-state index in [1.165, 1.54) is 12.4 Å². The molecule has 3 rings (SSSR count). The van der Waals surface area contributed by atoms with Gasteiger partial charge in [-0.25, -0.2) is 10.4 Å². The number of para-hydroxylation sites is 1. The molecule has 8 heteroatoms. The normalized spacial score (nSPS) is 11.2. The number of aromatic nitrogens is 1. The second kappa shape index (κ2) is 10.0. The number of hydrogen-bond donors (Lipinski definition) is 2. The van der Waals surface area contributed by atoms with Gasteiger partial charge in [0, 0.05) is 30.6 Å². The molecule has 0 aliphatic heterocycles. The molecule has 0 fully saturated rings. The largest absolute Gasteiger partial charge is 0.457 e. The van der Waals surface area contributed by atoms with Crippen molar-refractivity contribution in [3.8, 4) is 11.5 Å². The highest BCUT2D eigenvalue weighted by atomic mass is 35.5. The molecule has 0 unspecified atom stereocenters. The Balaban J connectivity index is 1.60. The Labute approximate surface area is 178 Å². The molecule has 29 heavy (non-hydrogen) atoms. The number of ether oxygens (including phenoxy) is 1. The van der Waals surface area contributed by atoms with E-state index in [0.717, 1.165) is 5.75 Å². The molecule has 1 heterocycles. The molecule has 0 aliphatic rings. The van der Waals surface area contributed by atoms with E-state index in [9.17, 15) is 4.79 Å². The molecule has 1 amide bonds. The third kappa shape index (κ3) is 6.02. The molecule has 0 aliphatic carbocycles. The summed E-state index contributed by atoms with van der Waals surface area (Å²) in [6.45, 7) is 1.87. The maximum atomic E-state index is 12.3. The Bertz CT molecular complexity index is 1010. The maximum absolute atomic E-state index is 12.3. The van der Waals surface area contributed by atoms with E-state index < -0.39 is 0 Å². The molecular formula is C21H18Cl2N4O2. The molecular weight excluding hydrogens is 411 g/mol. The van der Waals surface area contributed by atoms with Gasteiger partial charge in [0.2, 0.25) is 0 Å². The smallest absolute Gasteiger partial charge is 0.279 e. The Hall–Kier alpha value is -2.93. The van der Waals surface area contributed by atoms with Gasteiger partial charge >= 0.3 is 0 Å². The van der Waals surface area contributed by atoms with Crippen LogP contribution in [0.15, 0.2) is 72.0 Å². The Morgan fingerprint density at radius 3 is 2.45 bits per heavy atom. The standard InChI is InChI=1S/C21H18Cl2N4O2/c1-14(21(28)27-25-11-18-19(22)12-24-13-20(18)23)26-15-6-5-9-17(10-15)29-16-7-3-2-4-8-16/h2-10,12-13,25H,11H2,1H3,(H,27,28). The van der Waals surface area contributed by atoms with E-state index in [1.807, 2.05) is 42.5 Å². The second-order valence-electron chi connectivity index (χ2n) is 6.00. The lowest BCUT2D eigenvalue weighted by atomic mass is 10.3. The Morgan fingerprint density at radius 1 is 1.03 bits per heavy atom. The van der Waals surface area contributed by atoms with Gasteiger partial charge in [0.15, 0.2) is 0 Å². The summed E-state index contributed by atoms with van der Waals surface area (Å²) < 4.78 is 5.79. The predicted molar refractivity (Wildman–Crippen MR) is 115 cm³/mol. The van der Waals surface area contributed by atoms with Crippen LogP contribution in [-0.4, -0.2) is 16.6 Å². The zero-order chi connectivity index (χ0) is 20.6. The molecule has 2 aromatic carbocycles. The van der Waals surface area contributed by atoms with Crippen LogP contribution < -0.4 is 15.6 Å². The minimum absolute atomic E-state index is 0.250. The molecule has 0 bridgehead atoms. The van der Waals surface area contributed by atoms with Gasteiger partial charge in [-0.1, -0.05) is 47.5 Å². The fraction of sp³-hybridized carbons (Fsp3) is 0.0952. The molecule has 0 saturated carbocycles. The number of pyridine rings is 1. The van der Waals surface area contributed by atoms with Gasteiger partial charge in [0.1, 0.15) is 17.2 Å². The summed E-state index contributed by atoms with van der Waals surface area (Å²) in [6, 6.07) is 16.6. The third-order valence-electron chi connectivity index (χ3n) is 3.84. The zero-order valence-electron chi connectivity index (χ0n) is 15.5. The van der Waals surface area contributed by atoms with Crippen molar-refractivity contribution in [3.63, 3.8) is 0 Å². The summed E-state index contributed by atoms with van der Waals surface area (Å²) in [5, 5.41) is 0.833. The molecule has 6 nitrogen and oxygen atoms in total. The van der Waals surface area contributed by atoms with E-state index in [0.29, 0.717) is 27.0 Å². The fourth-order valence-corrected chi connectivity index (χ4v) is 2.89. The number of carbonyl (C=O) groups is 1. The van der Waals surface area contributed by atoms with E-state index in [-0.39, 0.29) is 18.2 Å². The van der Waals surface area contributed by atoms with Crippen LogP contribution in [0.3, 0.4) is 0 Å². The lowest BCUT2D eigenvalue weighted by molar-refractivity contribution is -0.115. The van der Waals surface area contributed by atoms with Crippen molar-refractivity contribution in [3.05, 3.63) is 82.6 Å². The van der Waals surface area contributed by atoms with Gasteiger partial charge in [0.25, 0.3) is 5.91 Å². The van der Waals surface area contributed by atoms with Crippen LogP contribution in [0, 0.1) is 0 Å². The summed E-state index contributed by atoms with van der Waals surface area (Å²) in [6.07, 6.45) is 2.98. The first-order valence-corrected chi connectivity index (χ1v) is 9.48. The highest BCUT2D eigenvalue weighted by molar-refractivity contribution is 6.38. The van der Waals surface area contributed by atoms with Gasteiger partial charge in [-0.15, -0.1) is 0 Å². The molecule has 3 aromatic rings. The second-order valence-corrected chi connectivity index (χ2v) is 6.81. The average molecular weight is 429 g/mol. The number of rotatable bonds is 7. The molecule has 148 valence electrons. The van der Waals surface area contributed by atoms with Crippen molar-refractivity contribution >= 4 is 40.5 Å². The van der Waals surface area contributed by atoms with Crippen molar-refractivity contribution in [1.82, 2.24) is 15.8 Å². The first-order valence-electron chi connectivity index (χ1n) is 8.72. The third-order valence-corrected chi connectivity index (χ3v) is 4.49. The summed E-state index contributed by atoms with van der Waals surface area (Å²) >= 11 is 12.1. The topological polar surface area (TPSA) is 75.6 Å². The van der Waals surface area contributed by atoms with Gasteiger partial charge in [-0.2, -0.15) is 0 Å². The number of nitrogens with one attached hydrogen (secondary N) is 2. The first-order chi connectivity index (χ1) is 14.0. The molecule has 0 radical (unpaired) electrons. The van der Waals surface area contributed by atoms with E-state index in [4.69, 9.17) is 27.9 Å². The fourth-order valence-electron chi connectivity index (χ4n) is 2.40. The molecule has 1 aromatic heterocycles. The number of carbonyl (C=O) groups excluding carboxylic acids is 1. The minimum atomic E-state index is -0.374. The number of amides is 1. The number of hydrazine groups is 1. The van der Waals surface area contributed by atoms with Crippen molar-refractivity contribution in [2.24, 2.45) is 4.99 Å². The van der Waals surface area contributed by atoms with Crippen LogP contribution in [0.2, 0.25) is 10.0 Å². The van der Waals surface area contributed by atoms with Crippen LogP contribution in [-0.2, 0) is 11.3 Å². The van der Waals surface area contributed by atoms with Gasteiger partial charge in [0.05, 0.1) is 15.7 Å². The lowest BCUT2D eigenvalue weighted by Crippen LogP contribution is -2.40.